The van der Waals surface area contributed by atoms with Crippen molar-refractivity contribution in [3.8, 4) is 0 Å². The average molecular weight is 286 g/mol. The number of nitro groups is 1. The number of hydrogen-bond acceptors (Lipinski definition) is 5. The Bertz CT molecular complexity index is 686. The van der Waals surface area contributed by atoms with Crippen LogP contribution in [0.2, 0.25) is 0 Å². The fourth-order valence-electron chi connectivity index (χ4n) is 1.96. The van der Waals surface area contributed by atoms with Crippen LogP contribution in [0, 0.1) is 10.1 Å². The molecule has 0 bridgehead atoms. The molecule has 108 valence electrons. The van der Waals surface area contributed by atoms with E-state index in [1.54, 1.807) is 24.1 Å². The van der Waals surface area contributed by atoms with E-state index in [1.165, 1.54) is 6.07 Å². The molecule has 3 N–H and O–H groups in total. The Morgan fingerprint density at radius 3 is 2.52 bits per heavy atom. The zero-order valence-corrected chi connectivity index (χ0v) is 11.3. The van der Waals surface area contributed by atoms with Crippen LogP contribution in [0.25, 0.3) is 0 Å². The van der Waals surface area contributed by atoms with Crippen LogP contribution in [0.15, 0.2) is 53.7 Å². The summed E-state index contributed by atoms with van der Waals surface area (Å²) in [6, 6.07) is 13.7. The van der Waals surface area contributed by atoms with Gasteiger partial charge in [-0.3, -0.25) is 10.1 Å². The van der Waals surface area contributed by atoms with Crippen LogP contribution in [0.5, 0.6) is 0 Å². The topological polar surface area (TPSA) is 105 Å². The van der Waals surface area contributed by atoms with E-state index in [9.17, 15) is 10.1 Å². The molecule has 7 nitrogen and oxygen atoms in total. The van der Waals surface area contributed by atoms with E-state index in [1.807, 2.05) is 30.3 Å². The van der Waals surface area contributed by atoms with Gasteiger partial charge in [0.2, 0.25) is 0 Å². The number of para-hydroxylation sites is 1. The van der Waals surface area contributed by atoms with Gasteiger partial charge < -0.3 is 15.8 Å². The van der Waals surface area contributed by atoms with E-state index in [2.05, 4.69) is 5.16 Å². The summed E-state index contributed by atoms with van der Waals surface area (Å²) < 4.78 is 0. The molecule has 0 unspecified atom stereocenters. The first-order chi connectivity index (χ1) is 10.0. The predicted octanol–water partition coefficient (Wildman–Crippen LogP) is 2.46. The van der Waals surface area contributed by atoms with Crippen molar-refractivity contribution in [2.45, 2.75) is 0 Å². The van der Waals surface area contributed by atoms with E-state index < -0.39 is 4.92 Å². The molecule has 2 aromatic carbocycles. The number of hydrogen-bond donors (Lipinski definition) is 2. The first-order valence-corrected chi connectivity index (χ1v) is 6.09. The smallest absolute Gasteiger partial charge is 0.293 e. The zero-order chi connectivity index (χ0) is 15.4. The molecule has 0 aromatic heterocycles. The lowest BCUT2D eigenvalue weighted by atomic mass is 10.1. The van der Waals surface area contributed by atoms with Crippen LogP contribution < -0.4 is 10.6 Å². The molecule has 0 aliphatic carbocycles. The lowest BCUT2D eigenvalue weighted by Gasteiger charge is -2.19. The van der Waals surface area contributed by atoms with Crippen molar-refractivity contribution >= 4 is 22.9 Å². The van der Waals surface area contributed by atoms with E-state index in [4.69, 9.17) is 10.9 Å². The van der Waals surface area contributed by atoms with Gasteiger partial charge in [0, 0.05) is 24.4 Å². The highest BCUT2D eigenvalue weighted by Crippen LogP contribution is 2.32. The van der Waals surface area contributed by atoms with E-state index in [0.717, 1.165) is 5.69 Å². The van der Waals surface area contributed by atoms with Crippen LogP contribution in [0.1, 0.15) is 5.56 Å². The fourth-order valence-corrected chi connectivity index (χ4v) is 1.96. The molecule has 0 heterocycles. The van der Waals surface area contributed by atoms with Crippen molar-refractivity contribution < 1.29 is 10.1 Å². The molecule has 7 heteroatoms. The van der Waals surface area contributed by atoms with Gasteiger partial charge in [-0.05, 0) is 24.3 Å². The van der Waals surface area contributed by atoms with Gasteiger partial charge >= 0.3 is 0 Å². The maximum atomic E-state index is 11.3. The lowest BCUT2D eigenvalue weighted by molar-refractivity contribution is -0.384. The van der Waals surface area contributed by atoms with Gasteiger partial charge in [0.1, 0.15) is 5.69 Å². The quantitative estimate of drug-likeness (QED) is 0.295. The molecule has 0 amide bonds. The lowest BCUT2D eigenvalue weighted by Crippen LogP contribution is -2.15. The molecule has 2 rings (SSSR count). The van der Waals surface area contributed by atoms with Crippen molar-refractivity contribution in [1.82, 2.24) is 0 Å². The number of anilines is 2. The summed E-state index contributed by atoms with van der Waals surface area (Å²) in [6.45, 7) is 0. The fraction of sp³-hybridized carbons (Fsp3) is 0.0714. The van der Waals surface area contributed by atoms with Crippen molar-refractivity contribution in [1.29, 1.82) is 0 Å². The van der Waals surface area contributed by atoms with Crippen molar-refractivity contribution in [3.05, 3.63) is 64.2 Å². The molecule has 21 heavy (non-hydrogen) atoms. The predicted molar refractivity (Wildman–Crippen MR) is 80.1 cm³/mol. The molecule has 0 spiro atoms. The van der Waals surface area contributed by atoms with Gasteiger partial charge in [-0.15, -0.1) is 0 Å². The first-order valence-electron chi connectivity index (χ1n) is 6.09. The van der Waals surface area contributed by atoms with Crippen LogP contribution >= 0.6 is 0 Å². The van der Waals surface area contributed by atoms with E-state index in [0.29, 0.717) is 5.69 Å². The highest BCUT2D eigenvalue weighted by atomic mass is 16.6. The van der Waals surface area contributed by atoms with Crippen LogP contribution in [-0.2, 0) is 0 Å². The third-order valence-corrected chi connectivity index (χ3v) is 3.08. The normalized spacial score (nSPS) is 11.2. The minimum absolute atomic E-state index is 0.120. The van der Waals surface area contributed by atoms with Gasteiger partial charge in [-0.2, -0.15) is 0 Å². The third-order valence-electron chi connectivity index (χ3n) is 3.08. The Labute approximate surface area is 121 Å². The zero-order valence-electron chi connectivity index (χ0n) is 11.3. The molecule has 0 saturated heterocycles. The molecule has 0 aliphatic heterocycles. The number of amidine groups is 1. The molecular formula is C14H14N4O3. The molecule has 0 fully saturated rings. The first kappa shape index (κ1) is 14.3. The molecule has 0 radical (unpaired) electrons. The van der Waals surface area contributed by atoms with Gasteiger partial charge in [-0.1, -0.05) is 23.4 Å². The summed E-state index contributed by atoms with van der Waals surface area (Å²) in [5.74, 6) is -0.174. The Morgan fingerprint density at radius 2 is 1.95 bits per heavy atom. The number of benzene rings is 2. The van der Waals surface area contributed by atoms with Crippen LogP contribution in [0.4, 0.5) is 17.1 Å². The molecule has 2 aromatic rings. The molecule has 0 aliphatic rings. The number of nitrogens with zero attached hydrogens (tertiary/aromatic N) is 3. The highest BCUT2D eigenvalue weighted by molar-refractivity contribution is 5.98. The average Bonchev–Trinajstić information content (AvgIpc) is 2.53. The number of nitro benzene ring substituents is 1. The van der Waals surface area contributed by atoms with Gasteiger partial charge in [0.05, 0.1) is 4.92 Å². The summed E-state index contributed by atoms with van der Waals surface area (Å²) in [5.41, 5.74) is 6.87. The number of nitrogens with two attached hydrogens (primary N) is 1. The Kier molecular flexibility index (Phi) is 4.03. The minimum Gasteiger partial charge on any atom is -0.409 e. The van der Waals surface area contributed by atoms with Crippen molar-refractivity contribution in [2.75, 3.05) is 11.9 Å². The standard InChI is InChI=1S/C14H14N4O3/c1-17(11-5-3-2-4-6-11)12-8-7-10(14(15)16-19)9-13(12)18(20)21/h2-9,19H,1H3,(H2,15,16). The summed E-state index contributed by atoms with van der Waals surface area (Å²) >= 11 is 0. The minimum atomic E-state index is -0.497. The Hall–Kier alpha value is -3.09. The van der Waals surface area contributed by atoms with Crippen LogP contribution in [-0.4, -0.2) is 23.0 Å². The van der Waals surface area contributed by atoms with Crippen molar-refractivity contribution in [3.63, 3.8) is 0 Å². The van der Waals surface area contributed by atoms with Crippen LogP contribution in [0.3, 0.4) is 0 Å². The molecular weight excluding hydrogens is 272 g/mol. The SMILES string of the molecule is CN(c1ccccc1)c1ccc(C(N)=NO)cc1[N+](=O)[O-]. The van der Waals surface area contributed by atoms with Gasteiger partial charge in [0.15, 0.2) is 5.84 Å². The summed E-state index contributed by atoms with van der Waals surface area (Å²) in [4.78, 5) is 12.5. The second-order valence-electron chi connectivity index (χ2n) is 4.34. The highest BCUT2D eigenvalue weighted by Gasteiger charge is 2.19. The third kappa shape index (κ3) is 2.92. The number of oxime groups is 1. The second-order valence-corrected chi connectivity index (χ2v) is 4.34. The van der Waals surface area contributed by atoms with E-state index >= 15 is 0 Å². The molecule has 0 saturated carbocycles. The Balaban J connectivity index is 2.51. The molecule has 0 atom stereocenters. The van der Waals surface area contributed by atoms with Gasteiger partial charge in [0.25, 0.3) is 5.69 Å². The summed E-state index contributed by atoms with van der Waals surface area (Å²) in [6.07, 6.45) is 0. The van der Waals surface area contributed by atoms with E-state index in [-0.39, 0.29) is 17.1 Å². The van der Waals surface area contributed by atoms with Crippen molar-refractivity contribution in [2.24, 2.45) is 10.9 Å². The maximum Gasteiger partial charge on any atom is 0.293 e. The summed E-state index contributed by atoms with van der Waals surface area (Å²) in [7, 11) is 1.74. The number of rotatable bonds is 4. The second kappa shape index (κ2) is 5.91. The largest absolute Gasteiger partial charge is 0.409 e. The Morgan fingerprint density at radius 1 is 1.29 bits per heavy atom. The monoisotopic (exact) mass is 286 g/mol. The maximum absolute atomic E-state index is 11.3. The van der Waals surface area contributed by atoms with Gasteiger partial charge in [-0.25, -0.2) is 0 Å². The summed E-state index contributed by atoms with van der Waals surface area (Å²) in [5, 5.41) is 22.8.